The van der Waals surface area contributed by atoms with Gasteiger partial charge in [0.2, 0.25) is 0 Å². The van der Waals surface area contributed by atoms with Crippen molar-refractivity contribution in [3.63, 3.8) is 0 Å². The molecule has 0 aromatic carbocycles. The molecular weight excluding hydrogens is 202 g/mol. The Hall–Kier alpha value is -0.420. The Bertz CT molecular complexity index is 196. The highest BCUT2D eigenvalue weighted by Crippen LogP contribution is 2.06. The molecule has 0 aliphatic carbocycles. The van der Waals surface area contributed by atoms with Crippen molar-refractivity contribution in [3.8, 4) is 0 Å². The van der Waals surface area contributed by atoms with E-state index in [1.54, 1.807) is 0 Å². The molecule has 0 radical (unpaired) electrons. The van der Waals surface area contributed by atoms with E-state index in [0.717, 1.165) is 19.3 Å². The molecule has 0 saturated heterocycles. The van der Waals surface area contributed by atoms with Crippen LogP contribution >= 0.6 is 0 Å². The Kier molecular flexibility index (Phi) is 7.70. The Labute approximate surface area is 87.3 Å². The standard InChI is InChI=1S/C9H19NO3S/c1-2-3-4-7-14(13)8(5-6-10)9(11)12/h8H,2-7,10H2,1H3,(H,11,12). The zero-order chi connectivity index (χ0) is 11.0. The Morgan fingerprint density at radius 3 is 2.57 bits per heavy atom. The maximum atomic E-state index is 11.5. The second kappa shape index (κ2) is 7.94. The largest absolute Gasteiger partial charge is 0.480 e. The van der Waals surface area contributed by atoms with Crippen molar-refractivity contribution in [1.29, 1.82) is 0 Å². The summed E-state index contributed by atoms with van der Waals surface area (Å²) in [5.74, 6) is -0.518. The zero-order valence-electron chi connectivity index (χ0n) is 8.57. The van der Waals surface area contributed by atoms with E-state index in [0.29, 0.717) is 12.2 Å². The van der Waals surface area contributed by atoms with Crippen LogP contribution in [-0.4, -0.2) is 32.8 Å². The molecular formula is C9H19NO3S. The lowest BCUT2D eigenvalue weighted by Crippen LogP contribution is -2.29. The van der Waals surface area contributed by atoms with Gasteiger partial charge in [0.25, 0.3) is 0 Å². The van der Waals surface area contributed by atoms with Crippen LogP contribution in [0.25, 0.3) is 0 Å². The van der Waals surface area contributed by atoms with E-state index in [4.69, 9.17) is 10.8 Å². The van der Waals surface area contributed by atoms with Gasteiger partial charge >= 0.3 is 5.97 Å². The first-order chi connectivity index (χ1) is 6.63. The van der Waals surface area contributed by atoms with Gasteiger partial charge in [0.05, 0.1) is 0 Å². The van der Waals surface area contributed by atoms with E-state index in [1.165, 1.54) is 0 Å². The minimum atomic E-state index is -1.27. The average Bonchev–Trinajstić information content (AvgIpc) is 2.13. The molecule has 0 aliphatic rings. The molecule has 0 heterocycles. The van der Waals surface area contributed by atoms with E-state index in [9.17, 15) is 9.00 Å². The second-order valence-electron chi connectivity index (χ2n) is 3.20. The van der Waals surface area contributed by atoms with Crippen LogP contribution < -0.4 is 5.73 Å². The van der Waals surface area contributed by atoms with Crippen molar-refractivity contribution in [2.75, 3.05) is 12.3 Å². The molecule has 0 saturated carbocycles. The van der Waals surface area contributed by atoms with Gasteiger partial charge < -0.3 is 10.8 Å². The maximum Gasteiger partial charge on any atom is 0.319 e. The second-order valence-corrected chi connectivity index (χ2v) is 4.93. The third-order valence-electron chi connectivity index (χ3n) is 1.97. The van der Waals surface area contributed by atoms with Crippen LogP contribution in [0.15, 0.2) is 0 Å². The predicted molar refractivity (Wildman–Crippen MR) is 57.6 cm³/mol. The third-order valence-corrected chi connectivity index (χ3v) is 3.73. The highest BCUT2D eigenvalue weighted by Gasteiger charge is 2.22. The molecule has 0 aliphatic heterocycles. The number of hydrogen-bond acceptors (Lipinski definition) is 3. The van der Waals surface area contributed by atoms with E-state index in [-0.39, 0.29) is 6.54 Å². The molecule has 5 heteroatoms. The zero-order valence-corrected chi connectivity index (χ0v) is 9.39. The van der Waals surface area contributed by atoms with Crippen LogP contribution in [-0.2, 0) is 15.6 Å². The number of unbranched alkanes of at least 4 members (excludes halogenated alkanes) is 2. The lowest BCUT2D eigenvalue weighted by molar-refractivity contribution is -0.136. The summed E-state index contributed by atoms with van der Waals surface area (Å²) >= 11 is 0. The fourth-order valence-electron chi connectivity index (χ4n) is 1.16. The minimum Gasteiger partial charge on any atom is -0.480 e. The summed E-state index contributed by atoms with van der Waals surface area (Å²) in [4.78, 5) is 10.7. The Balaban J connectivity index is 3.96. The molecule has 4 nitrogen and oxygen atoms in total. The van der Waals surface area contributed by atoms with E-state index >= 15 is 0 Å². The van der Waals surface area contributed by atoms with Gasteiger partial charge in [-0.2, -0.15) is 0 Å². The highest BCUT2D eigenvalue weighted by molar-refractivity contribution is 7.86. The fourth-order valence-corrected chi connectivity index (χ4v) is 2.55. The number of hydrogen-bond donors (Lipinski definition) is 2. The first kappa shape index (κ1) is 13.6. The summed E-state index contributed by atoms with van der Waals surface area (Å²) in [6.07, 6.45) is 3.18. The molecule has 3 N–H and O–H groups in total. The summed E-state index contributed by atoms with van der Waals surface area (Å²) in [7, 11) is -1.27. The van der Waals surface area contributed by atoms with Gasteiger partial charge in [0.15, 0.2) is 0 Å². The van der Waals surface area contributed by atoms with Gasteiger partial charge in [-0.3, -0.25) is 9.00 Å². The van der Waals surface area contributed by atoms with E-state index in [1.807, 2.05) is 0 Å². The quantitative estimate of drug-likeness (QED) is 0.592. The molecule has 14 heavy (non-hydrogen) atoms. The molecule has 2 atom stereocenters. The van der Waals surface area contributed by atoms with Gasteiger partial charge in [0, 0.05) is 16.6 Å². The van der Waals surface area contributed by atoms with Gasteiger partial charge in [-0.1, -0.05) is 19.8 Å². The molecule has 84 valence electrons. The topological polar surface area (TPSA) is 80.4 Å². The number of rotatable bonds is 8. The van der Waals surface area contributed by atoms with Crippen LogP contribution in [0.2, 0.25) is 0 Å². The molecule has 0 spiro atoms. The maximum absolute atomic E-state index is 11.5. The van der Waals surface area contributed by atoms with Crippen LogP contribution in [0, 0.1) is 0 Å². The normalized spacial score (nSPS) is 15.0. The first-order valence-electron chi connectivity index (χ1n) is 4.93. The summed E-state index contributed by atoms with van der Waals surface area (Å²) < 4.78 is 11.5. The number of nitrogens with two attached hydrogens (primary N) is 1. The smallest absolute Gasteiger partial charge is 0.319 e. The van der Waals surface area contributed by atoms with Gasteiger partial charge in [0.1, 0.15) is 5.25 Å². The van der Waals surface area contributed by atoms with Crippen molar-refractivity contribution in [3.05, 3.63) is 0 Å². The SMILES string of the molecule is CCCCCS(=O)C(CCN)C(=O)O. The number of carboxylic acids is 1. The van der Waals surface area contributed by atoms with Crippen LogP contribution in [0.3, 0.4) is 0 Å². The number of carbonyl (C=O) groups is 1. The summed E-state index contributed by atoms with van der Waals surface area (Å²) in [5.41, 5.74) is 5.26. The lowest BCUT2D eigenvalue weighted by atomic mass is 10.3. The first-order valence-corrected chi connectivity index (χ1v) is 6.31. The van der Waals surface area contributed by atoms with Crippen molar-refractivity contribution in [1.82, 2.24) is 0 Å². The third kappa shape index (κ3) is 5.34. The van der Waals surface area contributed by atoms with Crippen LogP contribution in [0.4, 0.5) is 0 Å². The molecule has 0 fully saturated rings. The summed E-state index contributed by atoms with van der Waals surface area (Å²) in [6, 6.07) is 0. The lowest BCUT2D eigenvalue weighted by Gasteiger charge is -2.10. The minimum absolute atomic E-state index is 0.274. The predicted octanol–water partition coefficient (Wildman–Crippen LogP) is 0.727. The van der Waals surface area contributed by atoms with Crippen molar-refractivity contribution < 1.29 is 14.1 Å². The van der Waals surface area contributed by atoms with Crippen LogP contribution in [0.1, 0.15) is 32.6 Å². The average molecular weight is 221 g/mol. The summed E-state index contributed by atoms with van der Waals surface area (Å²) in [5, 5.41) is 8.00. The van der Waals surface area contributed by atoms with Gasteiger partial charge in [-0.25, -0.2) is 0 Å². The Morgan fingerprint density at radius 1 is 1.50 bits per heavy atom. The van der Waals surface area contributed by atoms with Crippen molar-refractivity contribution in [2.45, 2.75) is 37.9 Å². The Morgan fingerprint density at radius 2 is 2.14 bits per heavy atom. The van der Waals surface area contributed by atoms with E-state index in [2.05, 4.69) is 6.92 Å². The van der Waals surface area contributed by atoms with Crippen molar-refractivity contribution in [2.24, 2.45) is 5.73 Å². The molecule has 0 amide bonds. The highest BCUT2D eigenvalue weighted by atomic mass is 32.2. The monoisotopic (exact) mass is 221 g/mol. The van der Waals surface area contributed by atoms with E-state index < -0.39 is 22.0 Å². The van der Waals surface area contributed by atoms with Gasteiger partial charge in [-0.05, 0) is 19.4 Å². The van der Waals surface area contributed by atoms with Crippen molar-refractivity contribution >= 4 is 16.8 Å². The molecule has 2 unspecified atom stereocenters. The number of aliphatic carboxylic acids is 1. The number of carboxylic acid groups (broad SMARTS) is 1. The van der Waals surface area contributed by atoms with Crippen LogP contribution in [0.5, 0.6) is 0 Å². The fraction of sp³-hybridized carbons (Fsp3) is 0.889. The molecule has 0 bridgehead atoms. The summed E-state index contributed by atoms with van der Waals surface area (Å²) in [6.45, 7) is 2.33. The molecule has 0 aromatic heterocycles. The van der Waals surface area contributed by atoms with Gasteiger partial charge in [-0.15, -0.1) is 0 Å². The molecule has 0 aromatic rings. The molecule has 0 rings (SSSR count).